The number of hydrogen-bond donors (Lipinski definition) is 3. The quantitative estimate of drug-likeness (QED) is 0.757. The molecule has 3 fully saturated rings. The highest BCUT2D eigenvalue weighted by atomic mass is 16.3. The Hall–Kier alpha value is -1.55. The van der Waals surface area contributed by atoms with Crippen LogP contribution in [0.1, 0.15) is 85.7 Å². The summed E-state index contributed by atoms with van der Waals surface area (Å²) in [5.74, 6) is 1.15. The van der Waals surface area contributed by atoms with Crippen molar-refractivity contribution in [1.82, 2.24) is 0 Å². The molecule has 0 saturated heterocycles. The summed E-state index contributed by atoms with van der Waals surface area (Å²) in [6.07, 6.45) is 12.0. The lowest BCUT2D eigenvalue weighted by molar-refractivity contribution is -0.168. The zero-order valence-corrected chi connectivity index (χ0v) is 16.0. The van der Waals surface area contributed by atoms with Crippen LogP contribution >= 0.6 is 0 Å². The Bertz CT molecular complexity index is 786. The van der Waals surface area contributed by atoms with Gasteiger partial charge in [-0.2, -0.15) is 0 Å². The summed E-state index contributed by atoms with van der Waals surface area (Å²) >= 11 is 0. The van der Waals surface area contributed by atoms with Crippen molar-refractivity contribution in [2.24, 2.45) is 23.5 Å². The number of nitrogens with two attached hydrogens (primary N) is 1. The van der Waals surface area contributed by atoms with Gasteiger partial charge in [-0.1, -0.05) is 38.2 Å². The summed E-state index contributed by atoms with van der Waals surface area (Å²) in [6, 6.07) is 3.67. The molecule has 4 aliphatic rings. The normalized spacial score (nSPS) is 37.8. The molecule has 4 nitrogen and oxygen atoms in total. The van der Waals surface area contributed by atoms with E-state index in [1.807, 2.05) is 6.07 Å². The molecule has 1 aromatic rings. The van der Waals surface area contributed by atoms with Crippen LogP contribution in [-0.2, 0) is 11.8 Å². The van der Waals surface area contributed by atoms with E-state index >= 15 is 0 Å². The number of fused-ring (bicyclic) bond motifs is 1. The fourth-order valence-corrected chi connectivity index (χ4v) is 7.20. The lowest BCUT2D eigenvalue weighted by Crippen LogP contribution is -2.65. The smallest absolute Gasteiger partial charge is 0.252 e. The minimum Gasteiger partial charge on any atom is -0.507 e. The molecule has 1 aromatic carbocycles. The molecule has 146 valence electrons. The van der Waals surface area contributed by atoms with Crippen molar-refractivity contribution in [3.8, 4) is 5.75 Å². The van der Waals surface area contributed by atoms with E-state index in [-0.39, 0.29) is 17.2 Å². The van der Waals surface area contributed by atoms with Crippen molar-refractivity contribution in [3.05, 3.63) is 28.8 Å². The van der Waals surface area contributed by atoms with Crippen LogP contribution in [0.2, 0.25) is 0 Å². The van der Waals surface area contributed by atoms with Crippen LogP contribution in [0.4, 0.5) is 0 Å². The van der Waals surface area contributed by atoms with Crippen LogP contribution in [0, 0.1) is 17.8 Å². The fraction of sp³-hybridized carbons (Fsp3) is 0.696. The topological polar surface area (TPSA) is 83.6 Å². The first kappa shape index (κ1) is 17.5. The first-order valence-corrected chi connectivity index (χ1v) is 10.8. The molecule has 3 saturated carbocycles. The largest absolute Gasteiger partial charge is 0.507 e. The molecule has 1 unspecified atom stereocenters. The van der Waals surface area contributed by atoms with Crippen molar-refractivity contribution < 1.29 is 15.0 Å². The van der Waals surface area contributed by atoms with Crippen molar-refractivity contribution in [2.45, 2.75) is 81.6 Å². The van der Waals surface area contributed by atoms with E-state index in [2.05, 4.69) is 0 Å². The average molecular weight is 370 g/mol. The zero-order valence-electron chi connectivity index (χ0n) is 16.0. The highest BCUT2D eigenvalue weighted by molar-refractivity contribution is 5.96. The predicted octanol–water partition coefficient (Wildman–Crippen LogP) is 3.81. The van der Waals surface area contributed by atoms with Gasteiger partial charge < -0.3 is 15.9 Å². The first-order valence-electron chi connectivity index (χ1n) is 10.8. The molecule has 4 atom stereocenters. The first-order chi connectivity index (χ1) is 13.0. The van der Waals surface area contributed by atoms with Gasteiger partial charge in [0.15, 0.2) is 0 Å². The Labute approximate surface area is 161 Å². The summed E-state index contributed by atoms with van der Waals surface area (Å²) < 4.78 is 0. The molecule has 0 spiro atoms. The summed E-state index contributed by atoms with van der Waals surface area (Å²) in [5, 5.41) is 23.1. The van der Waals surface area contributed by atoms with E-state index in [4.69, 9.17) is 5.73 Å². The molecule has 5 rings (SSSR count). The molecule has 0 aromatic heterocycles. The van der Waals surface area contributed by atoms with E-state index in [0.717, 1.165) is 62.0 Å². The molecule has 1 amide bonds. The van der Waals surface area contributed by atoms with E-state index in [1.54, 1.807) is 6.07 Å². The SMILES string of the molecule is NC(=O)c1ccc2c(c1O)[C@@]13CCCC[C@@]1(O)[C@@H](C2)C(CC1CCC1)CC3. The van der Waals surface area contributed by atoms with Crippen molar-refractivity contribution in [3.63, 3.8) is 0 Å². The number of phenols is 1. The van der Waals surface area contributed by atoms with E-state index in [9.17, 15) is 15.0 Å². The van der Waals surface area contributed by atoms with Crippen LogP contribution < -0.4 is 5.73 Å². The number of aliphatic hydroxyl groups is 1. The van der Waals surface area contributed by atoms with Crippen LogP contribution in [0.5, 0.6) is 5.75 Å². The maximum atomic E-state index is 12.1. The molecule has 0 radical (unpaired) electrons. The van der Waals surface area contributed by atoms with Crippen LogP contribution in [0.25, 0.3) is 0 Å². The van der Waals surface area contributed by atoms with Gasteiger partial charge in [0, 0.05) is 11.0 Å². The second-order valence-electron chi connectivity index (χ2n) is 9.72. The molecule has 0 aliphatic heterocycles. The molecule has 0 heterocycles. The number of rotatable bonds is 3. The predicted molar refractivity (Wildman–Crippen MR) is 104 cm³/mol. The Kier molecular flexibility index (Phi) is 3.88. The van der Waals surface area contributed by atoms with Crippen LogP contribution in [-0.4, -0.2) is 21.7 Å². The summed E-state index contributed by atoms with van der Waals surface area (Å²) in [7, 11) is 0. The minimum atomic E-state index is -0.751. The van der Waals surface area contributed by atoms with Gasteiger partial charge in [0.1, 0.15) is 5.75 Å². The third-order valence-corrected chi connectivity index (χ3v) is 8.67. The maximum absolute atomic E-state index is 12.1. The highest BCUT2D eigenvalue weighted by Gasteiger charge is 2.64. The van der Waals surface area contributed by atoms with Gasteiger partial charge in [-0.15, -0.1) is 0 Å². The molecule has 2 bridgehead atoms. The Morgan fingerprint density at radius 1 is 1.11 bits per heavy atom. The minimum absolute atomic E-state index is 0.0382. The van der Waals surface area contributed by atoms with Gasteiger partial charge in [-0.05, 0) is 67.9 Å². The highest BCUT2D eigenvalue weighted by Crippen LogP contribution is 2.65. The second-order valence-corrected chi connectivity index (χ2v) is 9.72. The summed E-state index contributed by atoms with van der Waals surface area (Å²) in [5.41, 5.74) is 6.53. The monoisotopic (exact) mass is 369 g/mol. The second kappa shape index (κ2) is 5.97. The van der Waals surface area contributed by atoms with E-state index < -0.39 is 16.9 Å². The van der Waals surface area contributed by atoms with Gasteiger partial charge in [-0.3, -0.25) is 4.79 Å². The van der Waals surface area contributed by atoms with Gasteiger partial charge >= 0.3 is 0 Å². The van der Waals surface area contributed by atoms with E-state index in [1.165, 1.54) is 25.7 Å². The standard InChI is InChI=1S/C23H31NO3/c24-21(26)17-7-6-16-13-18-15(12-14-4-3-5-14)8-11-22(19(16)20(17)25)9-1-2-10-23(18,22)27/h6-7,14-15,18,25,27H,1-5,8-13H2,(H2,24,26)/t15?,18-,22-,23+/m0/s1. The van der Waals surface area contributed by atoms with Crippen LogP contribution in [0.3, 0.4) is 0 Å². The Morgan fingerprint density at radius 3 is 2.59 bits per heavy atom. The van der Waals surface area contributed by atoms with Gasteiger partial charge in [0.05, 0.1) is 11.2 Å². The fourth-order valence-electron chi connectivity index (χ4n) is 7.20. The zero-order chi connectivity index (χ0) is 18.8. The van der Waals surface area contributed by atoms with E-state index in [0.29, 0.717) is 5.92 Å². The number of amides is 1. The summed E-state index contributed by atoms with van der Waals surface area (Å²) in [4.78, 5) is 11.8. The van der Waals surface area contributed by atoms with Crippen LogP contribution in [0.15, 0.2) is 12.1 Å². The average Bonchev–Trinajstić information content (AvgIpc) is 2.58. The molecule has 4 N–H and O–H groups in total. The lowest BCUT2D eigenvalue weighted by atomic mass is 9.43. The molecular formula is C23H31NO3. The van der Waals surface area contributed by atoms with Gasteiger partial charge in [-0.25, -0.2) is 0 Å². The molecular weight excluding hydrogens is 338 g/mol. The number of aromatic hydroxyl groups is 1. The Balaban J connectivity index is 1.64. The number of benzene rings is 1. The summed E-state index contributed by atoms with van der Waals surface area (Å²) in [6.45, 7) is 0. The number of carbonyl (C=O) groups excluding carboxylic acids is 1. The number of carbonyl (C=O) groups is 1. The molecule has 4 heteroatoms. The van der Waals surface area contributed by atoms with Crippen molar-refractivity contribution in [1.29, 1.82) is 0 Å². The third kappa shape index (κ3) is 2.28. The van der Waals surface area contributed by atoms with Crippen molar-refractivity contribution in [2.75, 3.05) is 0 Å². The number of hydrogen-bond acceptors (Lipinski definition) is 3. The lowest BCUT2D eigenvalue weighted by Gasteiger charge is -2.63. The molecule has 4 aliphatic carbocycles. The van der Waals surface area contributed by atoms with Crippen molar-refractivity contribution >= 4 is 5.91 Å². The third-order valence-electron chi connectivity index (χ3n) is 8.67. The number of primary amides is 1. The molecule has 27 heavy (non-hydrogen) atoms. The van der Waals surface area contributed by atoms with Gasteiger partial charge in [0.25, 0.3) is 5.91 Å². The maximum Gasteiger partial charge on any atom is 0.252 e. The Morgan fingerprint density at radius 2 is 1.89 bits per heavy atom. The van der Waals surface area contributed by atoms with Gasteiger partial charge in [0.2, 0.25) is 0 Å².